The van der Waals surface area contributed by atoms with Gasteiger partial charge < -0.3 is 39.4 Å². The number of ether oxygens (including phenoxy) is 4. The third-order valence-corrected chi connectivity index (χ3v) is 5.85. The third kappa shape index (κ3) is 8.62. The van der Waals surface area contributed by atoms with E-state index in [1.54, 1.807) is 0 Å². The lowest BCUT2D eigenvalue weighted by Crippen LogP contribution is -2.45. The van der Waals surface area contributed by atoms with Crippen LogP contribution in [0.15, 0.2) is 18.2 Å². The molecule has 0 spiro atoms. The molecule has 14 heteroatoms. The zero-order valence-electron chi connectivity index (χ0n) is 21.9. The molecular formula is C25H33NO13. The summed E-state index contributed by atoms with van der Waals surface area (Å²) >= 11 is 0. The number of benzene rings is 1. The van der Waals surface area contributed by atoms with Crippen LogP contribution in [0.4, 0.5) is 5.69 Å². The van der Waals surface area contributed by atoms with Gasteiger partial charge in [0, 0.05) is 6.07 Å². The van der Waals surface area contributed by atoms with E-state index in [2.05, 4.69) is 5.92 Å². The lowest BCUT2D eigenvalue weighted by Gasteiger charge is -2.30. The smallest absolute Gasteiger partial charge is 0.319 e. The molecule has 0 radical (unpaired) electrons. The minimum absolute atomic E-state index is 0.0551. The van der Waals surface area contributed by atoms with Crippen molar-refractivity contribution in [3.05, 3.63) is 33.9 Å². The second kappa shape index (κ2) is 14.4. The van der Waals surface area contributed by atoms with Crippen LogP contribution >= 0.6 is 0 Å². The summed E-state index contributed by atoms with van der Waals surface area (Å²) in [7, 11) is 0. The molecule has 216 valence electrons. The average Bonchev–Trinajstić information content (AvgIpc) is 2.94. The van der Waals surface area contributed by atoms with Crippen LogP contribution in [-0.2, 0) is 35.2 Å². The van der Waals surface area contributed by atoms with Gasteiger partial charge in [0.2, 0.25) is 0 Å². The van der Waals surface area contributed by atoms with E-state index in [4.69, 9.17) is 25.4 Å². The highest BCUT2D eigenvalue weighted by Crippen LogP contribution is 2.29. The molecule has 14 nitrogen and oxygen atoms in total. The van der Waals surface area contributed by atoms with Crippen molar-refractivity contribution < 1.29 is 58.7 Å². The summed E-state index contributed by atoms with van der Waals surface area (Å²) in [6.07, 6.45) is 5.15. The van der Waals surface area contributed by atoms with Gasteiger partial charge in [-0.2, -0.15) is 0 Å². The predicted molar refractivity (Wildman–Crippen MR) is 132 cm³/mol. The van der Waals surface area contributed by atoms with E-state index in [-0.39, 0.29) is 17.9 Å². The molecule has 0 saturated carbocycles. The number of nitrogens with zero attached hydrogens (tertiary/aromatic N) is 1. The maximum absolute atomic E-state index is 13.1. The van der Waals surface area contributed by atoms with Crippen LogP contribution in [0.1, 0.15) is 26.3 Å². The Labute approximate surface area is 224 Å². The summed E-state index contributed by atoms with van der Waals surface area (Å²) in [4.78, 5) is 48.8. The van der Waals surface area contributed by atoms with Crippen LogP contribution in [0.5, 0.6) is 5.75 Å². The van der Waals surface area contributed by atoms with Crippen LogP contribution in [0.3, 0.4) is 0 Å². The van der Waals surface area contributed by atoms with E-state index < -0.39 is 91.0 Å². The van der Waals surface area contributed by atoms with E-state index in [1.165, 1.54) is 32.9 Å². The molecule has 1 aromatic rings. The van der Waals surface area contributed by atoms with Crippen molar-refractivity contribution in [3.63, 3.8) is 0 Å². The van der Waals surface area contributed by atoms with Gasteiger partial charge in [-0.3, -0.25) is 24.5 Å². The Morgan fingerprint density at radius 3 is 1.74 bits per heavy atom. The Kier molecular flexibility index (Phi) is 12.3. The molecule has 0 aromatic heterocycles. The Morgan fingerprint density at radius 2 is 1.33 bits per heavy atom. The molecule has 0 aliphatic heterocycles. The van der Waals surface area contributed by atoms with Crippen LogP contribution in [0, 0.1) is 38.7 Å². The summed E-state index contributed by atoms with van der Waals surface area (Å²) in [5.41, 5.74) is -5.74. The van der Waals surface area contributed by atoms with E-state index >= 15 is 0 Å². The van der Waals surface area contributed by atoms with Crippen molar-refractivity contribution in [1.29, 1.82) is 0 Å². The van der Waals surface area contributed by atoms with Gasteiger partial charge in [0.05, 0.1) is 36.9 Å². The van der Waals surface area contributed by atoms with E-state index in [0.717, 1.165) is 6.07 Å². The fourth-order valence-corrected chi connectivity index (χ4v) is 2.70. The number of aliphatic hydroxyl groups is 4. The van der Waals surface area contributed by atoms with Crippen molar-refractivity contribution >= 4 is 23.6 Å². The van der Waals surface area contributed by atoms with Crippen LogP contribution in [0.25, 0.3) is 0 Å². The molecule has 39 heavy (non-hydrogen) atoms. The van der Waals surface area contributed by atoms with E-state index in [1.807, 2.05) is 0 Å². The van der Waals surface area contributed by atoms with E-state index in [0.29, 0.717) is 0 Å². The van der Waals surface area contributed by atoms with Gasteiger partial charge in [-0.15, -0.1) is 6.42 Å². The third-order valence-electron chi connectivity index (χ3n) is 5.85. The monoisotopic (exact) mass is 555 g/mol. The number of nitro groups is 1. The lowest BCUT2D eigenvalue weighted by molar-refractivity contribution is -0.385. The summed E-state index contributed by atoms with van der Waals surface area (Å²) in [5.74, 6) is -0.819. The number of aliphatic hydroxyl groups excluding tert-OH is 4. The van der Waals surface area contributed by atoms with Crippen molar-refractivity contribution in [2.24, 2.45) is 16.2 Å². The number of hydrogen-bond donors (Lipinski definition) is 4. The molecule has 0 saturated heterocycles. The van der Waals surface area contributed by atoms with Crippen molar-refractivity contribution in [1.82, 2.24) is 0 Å². The molecule has 0 aliphatic rings. The molecule has 4 N–H and O–H groups in total. The first kappa shape index (κ1) is 33.3. The summed E-state index contributed by atoms with van der Waals surface area (Å²) in [6.45, 7) is -1.70. The molecule has 1 rings (SSSR count). The number of nitro benzene ring substituents is 1. The molecule has 0 fully saturated rings. The first-order valence-electron chi connectivity index (χ1n) is 11.5. The van der Waals surface area contributed by atoms with Crippen LogP contribution < -0.4 is 4.74 Å². The zero-order valence-corrected chi connectivity index (χ0v) is 21.9. The number of carbonyl (C=O) groups excluding carboxylic acids is 3. The van der Waals surface area contributed by atoms with Crippen LogP contribution in [0.2, 0.25) is 0 Å². The van der Waals surface area contributed by atoms with Crippen molar-refractivity contribution in [3.8, 4) is 18.1 Å². The van der Waals surface area contributed by atoms with E-state index in [9.17, 15) is 44.9 Å². The largest absolute Gasteiger partial charge is 0.481 e. The average molecular weight is 556 g/mol. The van der Waals surface area contributed by atoms with Gasteiger partial charge in [0.1, 0.15) is 48.4 Å². The molecule has 0 amide bonds. The first-order chi connectivity index (χ1) is 18.3. The molecule has 1 aromatic carbocycles. The number of esters is 3. The standard InChI is InChI=1S/C25H33NO13/c1-5-8-36-18-6-7-19(26(34)35)17(9-18)10-37-22(33)25(4,15-38-20(31)23(2,11-27)12-28)16-39-21(32)24(3,13-29)14-30/h1,6-7,9,27-30H,8,10-16H2,2-4H3. The highest BCUT2D eigenvalue weighted by Gasteiger charge is 2.43. The minimum atomic E-state index is -1.89. The normalized spacial score (nSPS) is 11.7. The number of hydrogen-bond acceptors (Lipinski definition) is 13. The van der Waals surface area contributed by atoms with Crippen molar-refractivity contribution in [2.45, 2.75) is 27.4 Å². The number of carbonyl (C=O) groups is 3. The fraction of sp³-hybridized carbons (Fsp3) is 0.560. The Bertz CT molecular complexity index is 1040. The van der Waals surface area contributed by atoms with Gasteiger partial charge in [-0.1, -0.05) is 5.92 Å². The SMILES string of the molecule is C#CCOc1ccc([N+](=O)[O-])c(COC(=O)C(C)(COC(=O)C(C)(CO)CO)COC(=O)C(C)(CO)CO)c1. The van der Waals surface area contributed by atoms with Crippen LogP contribution in [-0.4, -0.2) is 89.5 Å². The molecule has 0 heterocycles. The quantitative estimate of drug-likeness (QED) is 0.0680. The van der Waals surface area contributed by atoms with Gasteiger partial charge >= 0.3 is 17.9 Å². The minimum Gasteiger partial charge on any atom is -0.481 e. The second-order valence-corrected chi connectivity index (χ2v) is 9.58. The summed E-state index contributed by atoms with van der Waals surface area (Å²) in [6, 6.07) is 3.69. The number of rotatable bonds is 16. The molecule has 0 bridgehead atoms. The highest BCUT2D eigenvalue weighted by atomic mass is 16.6. The maximum atomic E-state index is 13.1. The Morgan fingerprint density at radius 1 is 0.872 bits per heavy atom. The first-order valence-corrected chi connectivity index (χ1v) is 11.5. The fourth-order valence-electron chi connectivity index (χ4n) is 2.70. The Balaban J connectivity index is 3.22. The van der Waals surface area contributed by atoms with Gasteiger partial charge in [0.25, 0.3) is 5.69 Å². The molecular weight excluding hydrogens is 522 g/mol. The molecule has 0 unspecified atom stereocenters. The summed E-state index contributed by atoms with van der Waals surface area (Å²) in [5, 5.41) is 49.1. The second-order valence-electron chi connectivity index (χ2n) is 9.58. The molecule has 0 atom stereocenters. The Hall–Kier alpha value is -3.77. The van der Waals surface area contributed by atoms with Gasteiger partial charge in [-0.25, -0.2) is 0 Å². The van der Waals surface area contributed by atoms with Gasteiger partial charge in [-0.05, 0) is 32.9 Å². The maximum Gasteiger partial charge on any atom is 0.319 e. The zero-order chi connectivity index (χ0) is 29.9. The number of terminal acetylenes is 1. The summed E-state index contributed by atoms with van der Waals surface area (Å²) < 4.78 is 20.8. The van der Waals surface area contributed by atoms with Gasteiger partial charge in [0.15, 0.2) is 0 Å². The lowest BCUT2D eigenvalue weighted by atomic mass is 9.90. The van der Waals surface area contributed by atoms with Crippen molar-refractivity contribution in [2.75, 3.05) is 46.2 Å². The molecule has 0 aliphatic carbocycles. The highest BCUT2D eigenvalue weighted by molar-refractivity contribution is 5.81. The predicted octanol–water partition coefficient (Wildman–Crippen LogP) is -0.275. The topological polar surface area (TPSA) is 212 Å².